The fourth-order valence-corrected chi connectivity index (χ4v) is 4.91. The Bertz CT molecular complexity index is 1130. The Balaban J connectivity index is 1.40. The molecule has 1 aliphatic heterocycles. The van der Waals surface area contributed by atoms with Gasteiger partial charge in [0.2, 0.25) is 5.91 Å². The first kappa shape index (κ1) is 24.9. The Morgan fingerprint density at radius 3 is 2.57 bits per heavy atom. The minimum atomic E-state index is -0.335. The Hall–Kier alpha value is -3.22. The van der Waals surface area contributed by atoms with E-state index in [9.17, 15) is 9.59 Å². The van der Waals surface area contributed by atoms with Crippen LogP contribution < -0.4 is 16.4 Å². The van der Waals surface area contributed by atoms with E-state index in [1.807, 2.05) is 53.4 Å². The molecule has 1 heterocycles. The molecule has 0 bridgehead atoms. The molecule has 1 aliphatic rings. The predicted octanol–water partition coefficient (Wildman–Crippen LogP) is 3.67. The molecule has 1 fully saturated rings. The molecule has 4 N–H and O–H groups in total. The third-order valence-electron chi connectivity index (χ3n) is 6.97. The molecule has 0 aliphatic carbocycles. The molecule has 0 saturated carbocycles. The number of nitrogens with one attached hydrogen (secondary N) is 2. The van der Waals surface area contributed by atoms with Crippen molar-refractivity contribution in [2.45, 2.75) is 44.2 Å². The first-order chi connectivity index (χ1) is 17.1. The summed E-state index contributed by atoms with van der Waals surface area (Å²) in [7, 11) is 0. The van der Waals surface area contributed by atoms with Crippen molar-refractivity contribution >= 4 is 22.6 Å². The predicted molar refractivity (Wildman–Crippen MR) is 141 cm³/mol. The fraction of sp³-hybridized carbons (Fsp3) is 0.379. The summed E-state index contributed by atoms with van der Waals surface area (Å²) >= 11 is 0. The molecule has 3 atom stereocenters. The molecule has 2 unspecified atom stereocenters. The molecule has 0 radical (unpaired) electrons. The van der Waals surface area contributed by atoms with Crippen molar-refractivity contribution < 1.29 is 9.59 Å². The summed E-state index contributed by atoms with van der Waals surface area (Å²) in [5.74, 6) is 0.298. The number of benzene rings is 3. The van der Waals surface area contributed by atoms with Crippen molar-refractivity contribution in [1.29, 1.82) is 0 Å². The summed E-state index contributed by atoms with van der Waals surface area (Å²) < 4.78 is 0. The van der Waals surface area contributed by atoms with Gasteiger partial charge in [-0.2, -0.15) is 0 Å². The third-order valence-corrected chi connectivity index (χ3v) is 6.97. The van der Waals surface area contributed by atoms with Gasteiger partial charge in [-0.05, 0) is 54.3 Å². The van der Waals surface area contributed by atoms with Gasteiger partial charge in [-0.25, -0.2) is 0 Å². The number of nitrogens with zero attached hydrogens (tertiary/aromatic N) is 1. The lowest BCUT2D eigenvalue weighted by Gasteiger charge is -2.28. The van der Waals surface area contributed by atoms with Crippen molar-refractivity contribution in [3.05, 3.63) is 83.9 Å². The molecule has 6 heteroatoms. The van der Waals surface area contributed by atoms with Crippen molar-refractivity contribution in [3.63, 3.8) is 0 Å². The highest BCUT2D eigenvalue weighted by molar-refractivity contribution is 5.98. The number of fused-ring (bicyclic) bond motifs is 1. The third kappa shape index (κ3) is 6.27. The van der Waals surface area contributed by atoms with Gasteiger partial charge >= 0.3 is 0 Å². The molecule has 2 amide bonds. The second-order valence-corrected chi connectivity index (χ2v) is 9.35. The van der Waals surface area contributed by atoms with E-state index in [1.165, 1.54) is 5.56 Å². The van der Waals surface area contributed by atoms with Crippen LogP contribution in [0.5, 0.6) is 0 Å². The quantitative estimate of drug-likeness (QED) is 0.443. The van der Waals surface area contributed by atoms with Crippen LogP contribution in [0.1, 0.15) is 48.0 Å². The Kier molecular flexibility index (Phi) is 8.50. The average molecular weight is 473 g/mol. The summed E-state index contributed by atoms with van der Waals surface area (Å²) in [6.45, 7) is 4.42. The van der Waals surface area contributed by atoms with E-state index in [-0.39, 0.29) is 23.9 Å². The number of amides is 2. The van der Waals surface area contributed by atoms with Gasteiger partial charge in [0.15, 0.2) is 0 Å². The van der Waals surface area contributed by atoms with Gasteiger partial charge < -0.3 is 21.3 Å². The van der Waals surface area contributed by atoms with E-state index >= 15 is 0 Å². The number of carbonyl (C=O) groups excluding carboxylic acids is 2. The first-order valence-corrected chi connectivity index (χ1v) is 12.7. The normalized spacial score (nSPS) is 19.4. The van der Waals surface area contributed by atoms with Crippen LogP contribution in [0.25, 0.3) is 10.8 Å². The Morgan fingerprint density at radius 1 is 1.09 bits per heavy atom. The summed E-state index contributed by atoms with van der Waals surface area (Å²) in [4.78, 5) is 28.2. The van der Waals surface area contributed by atoms with Crippen LogP contribution in [0.15, 0.2) is 72.8 Å². The highest BCUT2D eigenvalue weighted by Crippen LogP contribution is 2.22. The van der Waals surface area contributed by atoms with Gasteiger partial charge in [0.05, 0.1) is 6.04 Å². The highest BCUT2D eigenvalue weighted by Gasteiger charge is 2.31. The first-order valence-electron chi connectivity index (χ1n) is 12.7. The van der Waals surface area contributed by atoms with E-state index in [0.717, 1.165) is 23.6 Å². The lowest BCUT2D eigenvalue weighted by molar-refractivity contribution is -0.133. The van der Waals surface area contributed by atoms with E-state index in [4.69, 9.17) is 5.73 Å². The summed E-state index contributed by atoms with van der Waals surface area (Å²) in [6.07, 6.45) is 2.32. The van der Waals surface area contributed by atoms with Crippen LogP contribution in [0.3, 0.4) is 0 Å². The lowest BCUT2D eigenvalue weighted by Crippen LogP contribution is -2.49. The number of hydrogen-bond donors (Lipinski definition) is 3. The molecule has 6 nitrogen and oxygen atoms in total. The minimum absolute atomic E-state index is 0.00158. The average Bonchev–Trinajstić information content (AvgIpc) is 3.04. The second kappa shape index (κ2) is 12.0. The van der Waals surface area contributed by atoms with Crippen molar-refractivity contribution in [2.75, 3.05) is 26.2 Å². The molecule has 3 aromatic rings. The zero-order valence-electron chi connectivity index (χ0n) is 20.5. The molecular formula is C29H36N4O2. The van der Waals surface area contributed by atoms with E-state index in [0.29, 0.717) is 44.1 Å². The smallest absolute Gasteiger partial charge is 0.251 e. The van der Waals surface area contributed by atoms with Gasteiger partial charge in [0.1, 0.15) is 0 Å². The largest absolute Gasteiger partial charge is 0.350 e. The van der Waals surface area contributed by atoms with Crippen LogP contribution in [0, 0.1) is 0 Å². The minimum Gasteiger partial charge on any atom is -0.350 e. The zero-order chi connectivity index (χ0) is 24.6. The molecular weight excluding hydrogens is 436 g/mol. The molecule has 184 valence electrons. The van der Waals surface area contributed by atoms with E-state index in [2.05, 4.69) is 41.8 Å². The maximum atomic E-state index is 13.4. The zero-order valence-corrected chi connectivity index (χ0v) is 20.5. The van der Waals surface area contributed by atoms with E-state index < -0.39 is 0 Å². The van der Waals surface area contributed by atoms with Crippen LogP contribution in [-0.2, 0) is 4.79 Å². The molecule has 0 spiro atoms. The van der Waals surface area contributed by atoms with Crippen molar-refractivity contribution in [1.82, 2.24) is 15.5 Å². The molecule has 3 aromatic carbocycles. The number of rotatable bonds is 9. The summed E-state index contributed by atoms with van der Waals surface area (Å²) in [5, 5.41) is 8.70. The maximum absolute atomic E-state index is 13.4. The Labute approximate surface area is 207 Å². The maximum Gasteiger partial charge on any atom is 0.251 e. The molecule has 0 aromatic heterocycles. The van der Waals surface area contributed by atoms with Gasteiger partial charge in [-0.1, -0.05) is 67.6 Å². The van der Waals surface area contributed by atoms with Crippen LogP contribution in [0.2, 0.25) is 0 Å². The Morgan fingerprint density at radius 2 is 1.83 bits per heavy atom. The number of hydrogen-bond acceptors (Lipinski definition) is 4. The molecule has 1 saturated heterocycles. The monoisotopic (exact) mass is 472 g/mol. The van der Waals surface area contributed by atoms with Crippen molar-refractivity contribution in [2.24, 2.45) is 5.73 Å². The number of nitrogens with two attached hydrogens (primary N) is 1. The van der Waals surface area contributed by atoms with Gasteiger partial charge in [0.25, 0.3) is 5.91 Å². The van der Waals surface area contributed by atoms with Gasteiger partial charge in [0, 0.05) is 37.2 Å². The number of carbonyl (C=O) groups is 2. The highest BCUT2D eigenvalue weighted by atomic mass is 16.2. The topological polar surface area (TPSA) is 87.5 Å². The standard InChI is InChI=1S/C29H36N4O2/c1-2-21(22-8-4-3-5-9-22)20-33-17-15-26(32-27(14-16-30)29(33)35)19-31-28(34)25-13-12-23-10-6-7-11-24(23)18-25/h3-13,18,21,26-27,32H,2,14-17,19-20,30H2,1H3,(H,31,34)/t21?,26?,27-/m0/s1. The SMILES string of the molecule is CCC(CN1CCC(CNC(=O)c2ccc3ccccc3c2)N[C@@H](CCN)C1=O)c1ccccc1. The lowest BCUT2D eigenvalue weighted by atomic mass is 9.95. The van der Waals surface area contributed by atoms with E-state index in [1.54, 1.807) is 0 Å². The fourth-order valence-electron chi connectivity index (χ4n) is 4.91. The summed E-state index contributed by atoms with van der Waals surface area (Å²) in [5.41, 5.74) is 7.74. The second-order valence-electron chi connectivity index (χ2n) is 9.35. The van der Waals surface area contributed by atoms with Gasteiger partial charge in [-0.15, -0.1) is 0 Å². The van der Waals surface area contributed by atoms with Gasteiger partial charge in [-0.3, -0.25) is 9.59 Å². The van der Waals surface area contributed by atoms with Crippen molar-refractivity contribution in [3.8, 4) is 0 Å². The summed E-state index contributed by atoms with van der Waals surface area (Å²) in [6, 6.07) is 23.8. The molecule has 4 rings (SSSR count). The van der Waals surface area contributed by atoms with Crippen LogP contribution in [0.4, 0.5) is 0 Å². The molecule has 35 heavy (non-hydrogen) atoms. The van der Waals surface area contributed by atoms with Crippen LogP contribution >= 0.6 is 0 Å². The van der Waals surface area contributed by atoms with Crippen LogP contribution in [-0.4, -0.2) is 55.0 Å².